The Morgan fingerprint density at radius 2 is 1.86 bits per heavy atom. The number of furan rings is 1. The van der Waals surface area contributed by atoms with Crippen LogP contribution in [0.5, 0.6) is 11.5 Å². The van der Waals surface area contributed by atoms with Gasteiger partial charge in [-0.1, -0.05) is 30.3 Å². The normalized spacial score (nSPS) is 11.1. The van der Waals surface area contributed by atoms with Gasteiger partial charge < -0.3 is 19.6 Å². The van der Waals surface area contributed by atoms with E-state index in [0.29, 0.717) is 28.3 Å². The number of aromatic hydroxyl groups is 1. The zero-order valence-electron chi connectivity index (χ0n) is 15.6. The van der Waals surface area contributed by atoms with Gasteiger partial charge in [-0.3, -0.25) is 9.79 Å². The first kappa shape index (κ1) is 18.3. The third-order valence-corrected chi connectivity index (χ3v) is 4.37. The number of aliphatic imine (C=N–C) groups is 1. The van der Waals surface area contributed by atoms with Gasteiger partial charge in [0.05, 0.1) is 18.5 Å². The number of rotatable bonds is 5. The average molecular weight is 386 g/mol. The van der Waals surface area contributed by atoms with Crippen molar-refractivity contribution in [3.8, 4) is 11.5 Å². The second-order valence-electron chi connectivity index (χ2n) is 6.30. The minimum Gasteiger partial charge on any atom is -0.507 e. The van der Waals surface area contributed by atoms with Crippen LogP contribution < -0.4 is 10.1 Å². The molecule has 0 fully saturated rings. The van der Waals surface area contributed by atoms with Crippen LogP contribution in [0.15, 0.2) is 82.2 Å². The Labute approximate surface area is 167 Å². The number of ether oxygens (including phenoxy) is 1. The van der Waals surface area contributed by atoms with Gasteiger partial charge in [-0.2, -0.15) is 0 Å². The van der Waals surface area contributed by atoms with E-state index in [2.05, 4.69) is 10.3 Å². The number of carbonyl (C=O) groups is 1. The molecule has 1 aromatic heterocycles. The zero-order valence-corrected chi connectivity index (χ0v) is 15.6. The van der Waals surface area contributed by atoms with Crippen molar-refractivity contribution < 1.29 is 19.1 Å². The van der Waals surface area contributed by atoms with Gasteiger partial charge in [0, 0.05) is 23.2 Å². The minimum atomic E-state index is -0.370. The summed E-state index contributed by atoms with van der Waals surface area (Å²) >= 11 is 0. The number of hydrogen-bond acceptors (Lipinski definition) is 5. The lowest BCUT2D eigenvalue weighted by Crippen LogP contribution is -2.11. The molecule has 0 aliphatic heterocycles. The maximum Gasteiger partial charge on any atom is 0.291 e. The quantitative estimate of drug-likeness (QED) is 0.465. The number of para-hydroxylation sites is 2. The van der Waals surface area contributed by atoms with Gasteiger partial charge in [0.15, 0.2) is 5.76 Å². The maximum atomic E-state index is 12.6. The van der Waals surface area contributed by atoms with E-state index in [1.807, 2.05) is 30.3 Å². The highest BCUT2D eigenvalue weighted by atomic mass is 16.5. The second kappa shape index (κ2) is 7.90. The Morgan fingerprint density at radius 1 is 1.07 bits per heavy atom. The molecule has 144 valence electrons. The lowest BCUT2D eigenvalue weighted by molar-refractivity contribution is 0.0998. The summed E-state index contributed by atoms with van der Waals surface area (Å²) in [4.78, 5) is 16.9. The molecule has 0 aliphatic rings. The lowest BCUT2D eigenvalue weighted by Gasteiger charge is -2.10. The number of fused-ring (bicyclic) bond motifs is 1. The van der Waals surface area contributed by atoms with Gasteiger partial charge in [-0.15, -0.1) is 0 Å². The van der Waals surface area contributed by atoms with Gasteiger partial charge in [-0.05, 0) is 36.4 Å². The SMILES string of the molecule is COc1cc(N=Cc2ccccc2O)ccc1NC(=O)c1cc2ccccc2o1. The van der Waals surface area contributed by atoms with Gasteiger partial charge in [0.1, 0.15) is 17.1 Å². The van der Waals surface area contributed by atoms with E-state index in [-0.39, 0.29) is 17.4 Å². The van der Waals surface area contributed by atoms with Crippen LogP contribution in [0.4, 0.5) is 11.4 Å². The van der Waals surface area contributed by atoms with E-state index >= 15 is 0 Å². The van der Waals surface area contributed by atoms with Crippen LogP contribution in [-0.4, -0.2) is 24.3 Å². The number of carbonyl (C=O) groups excluding carboxylic acids is 1. The molecule has 3 aromatic carbocycles. The van der Waals surface area contributed by atoms with Gasteiger partial charge in [-0.25, -0.2) is 0 Å². The van der Waals surface area contributed by atoms with Crippen LogP contribution in [0.25, 0.3) is 11.0 Å². The number of hydrogen-bond donors (Lipinski definition) is 2. The Kier molecular flexibility index (Phi) is 4.99. The topological polar surface area (TPSA) is 84.1 Å². The van der Waals surface area contributed by atoms with E-state index in [9.17, 15) is 9.90 Å². The summed E-state index contributed by atoms with van der Waals surface area (Å²) in [6, 6.07) is 21.2. The predicted octanol–water partition coefficient (Wildman–Crippen LogP) is 5.15. The highest BCUT2D eigenvalue weighted by Gasteiger charge is 2.14. The summed E-state index contributed by atoms with van der Waals surface area (Å²) in [5.74, 6) is 0.458. The van der Waals surface area contributed by atoms with E-state index in [0.717, 1.165) is 5.39 Å². The molecule has 0 saturated heterocycles. The molecule has 6 heteroatoms. The summed E-state index contributed by atoms with van der Waals surface area (Å²) in [6.07, 6.45) is 1.57. The van der Waals surface area contributed by atoms with Crippen molar-refractivity contribution in [2.45, 2.75) is 0 Å². The third-order valence-electron chi connectivity index (χ3n) is 4.37. The first-order valence-electron chi connectivity index (χ1n) is 8.94. The second-order valence-corrected chi connectivity index (χ2v) is 6.30. The Hall–Kier alpha value is -4.06. The molecule has 0 aliphatic carbocycles. The van der Waals surface area contributed by atoms with Crippen molar-refractivity contribution in [1.29, 1.82) is 0 Å². The molecular weight excluding hydrogens is 368 g/mol. The van der Waals surface area contributed by atoms with Crippen molar-refractivity contribution in [3.63, 3.8) is 0 Å². The van der Waals surface area contributed by atoms with E-state index in [4.69, 9.17) is 9.15 Å². The van der Waals surface area contributed by atoms with Crippen molar-refractivity contribution >= 4 is 34.5 Å². The van der Waals surface area contributed by atoms with Crippen LogP contribution in [0.1, 0.15) is 16.1 Å². The summed E-state index contributed by atoms with van der Waals surface area (Å²) < 4.78 is 11.0. The van der Waals surface area contributed by atoms with E-state index < -0.39 is 0 Å². The van der Waals surface area contributed by atoms with Crippen molar-refractivity contribution in [3.05, 3.63) is 84.1 Å². The molecule has 2 N–H and O–H groups in total. The fourth-order valence-corrected chi connectivity index (χ4v) is 2.88. The number of phenolic OH excluding ortho intramolecular Hbond substituents is 1. The summed E-state index contributed by atoms with van der Waals surface area (Å²) in [5.41, 5.74) is 2.37. The van der Waals surface area contributed by atoms with Crippen LogP contribution in [0, 0.1) is 0 Å². The molecule has 1 amide bonds. The molecule has 29 heavy (non-hydrogen) atoms. The van der Waals surface area contributed by atoms with Crippen molar-refractivity contribution in [1.82, 2.24) is 0 Å². The van der Waals surface area contributed by atoms with Crippen LogP contribution in [0.2, 0.25) is 0 Å². The Morgan fingerprint density at radius 3 is 2.66 bits per heavy atom. The smallest absolute Gasteiger partial charge is 0.291 e. The number of nitrogens with one attached hydrogen (secondary N) is 1. The number of phenols is 1. The number of anilines is 1. The van der Waals surface area contributed by atoms with Crippen LogP contribution >= 0.6 is 0 Å². The van der Waals surface area contributed by atoms with Crippen molar-refractivity contribution in [2.24, 2.45) is 4.99 Å². The van der Waals surface area contributed by atoms with E-state index in [1.165, 1.54) is 7.11 Å². The third kappa shape index (κ3) is 3.96. The van der Waals surface area contributed by atoms with Crippen LogP contribution in [-0.2, 0) is 0 Å². The summed E-state index contributed by atoms with van der Waals surface area (Å²) in [7, 11) is 1.52. The molecule has 0 unspecified atom stereocenters. The van der Waals surface area contributed by atoms with E-state index in [1.54, 1.807) is 48.7 Å². The Balaban J connectivity index is 1.55. The highest BCUT2D eigenvalue weighted by molar-refractivity contribution is 6.05. The molecule has 4 aromatic rings. The number of amides is 1. The first-order valence-corrected chi connectivity index (χ1v) is 8.94. The molecule has 0 saturated carbocycles. The van der Waals surface area contributed by atoms with Gasteiger partial charge >= 0.3 is 0 Å². The molecule has 4 rings (SSSR count). The molecule has 0 atom stereocenters. The van der Waals surface area contributed by atoms with Gasteiger partial charge in [0.25, 0.3) is 5.91 Å². The standard InChI is InChI=1S/C23H18N2O4/c1-28-21-13-17(24-14-16-7-2-4-8-19(16)26)10-11-18(21)25-23(27)22-12-15-6-3-5-9-20(15)29-22/h2-14,26H,1H3,(H,25,27). The summed E-state index contributed by atoms with van der Waals surface area (Å²) in [5, 5.41) is 13.5. The molecule has 0 radical (unpaired) electrons. The molecule has 1 heterocycles. The van der Waals surface area contributed by atoms with Crippen LogP contribution in [0.3, 0.4) is 0 Å². The van der Waals surface area contributed by atoms with Crippen molar-refractivity contribution in [2.75, 3.05) is 12.4 Å². The largest absolute Gasteiger partial charge is 0.507 e. The maximum absolute atomic E-state index is 12.6. The minimum absolute atomic E-state index is 0.151. The summed E-state index contributed by atoms with van der Waals surface area (Å²) in [6.45, 7) is 0. The predicted molar refractivity (Wildman–Crippen MR) is 113 cm³/mol. The molecule has 6 nitrogen and oxygen atoms in total. The highest BCUT2D eigenvalue weighted by Crippen LogP contribution is 2.30. The fourth-order valence-electron chi connectivity index (χ4n) is 2.88. The fraction of sp³-hybridized carbons (Fsp3) is 0.0435. The number of methoxy groups -OCH3 is 1. The van der Waals surface area contributed by atoms with Gasteiger partial charge in [0.2, 0.25) is 0 Å². The zero-order chi connectivity index (χ0) is 20.2. The Bertz CT molecular complexity index is 1180. The molecule has 0 spiro atoms. The number of benzene rings is 3. The average Bonchev–Trinajstić information content (AvgIpc) is 3.18. The first-order chi connectivity index (χ1) is 14.1. The molecular formula is C23H18N2O4. The molecule has 0 bridgehead atoms. The monoisotopic (exact) mass is 386 g/mol. The lowest BCUT2D eigenvalue weighted by atomic mass is 10.2. The number of nitrogens with zero attached hydrogens (tertiary/aromatic N) is 1.